The predicted molar refractivity (Wildman–Crippen MR) is 104 cm³/mol. The van der Waals surface area contributed by atoms with E-state index in [2.05, 4.69) is 62.0 Å². The average Bonchev–Trinajstić information content (AvgIpc) is 2.41. The van der Waals surface area contributed by atoms with Crippen LogP contribution in [0.3, 0.4) is 0 Å². The van der Waals surface area contributed by atoms with Crippen molar-refractivity contribution < 1.29 is 0 Å². The van der Waals surface area contributed by atoms with Crippen LogP contribution in [0, 0.1) is 0 Å². The lowest BCUT2D eigenvalue weighted by Gasteiger charge is -2.39. The molecule has 0 amide bonds. The van der Waals surface area contributed by atoms with Gasteiger partial charge in [0.1, 0.15) is 0 Å². The summed E-state index contributed by atoms with van der Waals surface area (Å²) in [7, 11) is 0. The van der Waals surface area contributed by atoms with Gasteiger partial charge >= 0.3 is 0 Å². The van der Waals surface area contributed by atoms with Crippen molar-refractivity contribution in [3.8, 4) is 0 Å². The van der Waals surface area contributed by atoms with Crippen LogP contribution in [0.4, 0.5) is 0 Å². The van der Waals surface area contributed by atoms with Crippen LogP contribution in [-0.4, -0.2) is 66.1 Å². The van der Waals surface area contributed by atoms with E-state index in [1.165, 1.54) is 0 Å². The van der Waals surface area contributed by atoms with Crippen molar-refractivity contribution in [2.45, 2.75) is 77.4 Å². The van der Waals surface area contributed by atoms with Gasteiger partial charge in [-0.25, -0.2) is 0 Å². The van der Waals surface area contributed by atoms with E-state index in [1.54, 1.807) is 0 Å². The Labute approximate surface area is 149 Å². The molecule has 0 radical (unpaired) electrons. The summed E-state index contributed by atoms with van der Waals surface area (Å²) in [6.07, 6.45) is 3.13. The van der Waals surface area contributed by atoms with Gasteiger partial charge in [-0.05, 0) is 67.3 Å². The summed E-state index contributed by atoms with van der Waals surface area (Å²) < 4.78 is 0. The quantitative estimate of drug-likeness (QED) is 0.476. The first-order valence-electron chi connectivity index (χ1n) is 9.35. The second-order valence-corrected chi connectivity index (χ2v) is 9.53. The van der Waals surface area contributed by atoms with Gasteiger partial charge in [0.05, 0.1) is 20.0 Å². The zero-order valence-electron chi connectivity index (χ0n) is 16.9. The van der Waals surface area contributed by atoms with Crippen LogP contribution in [0.25, 0.3) is 0 Å². The summed E-state index contributed by atoms with van der Waals surface area (Å²) in [4.78, 5) is 4.92. The molecule has 0 unspecified atom stereocenters. The van der Waals surface area contributed by atoms with Gasteiger partial charge in [-0.3, -0.25) is 15.1 Å². The third kappa shape index (κ3) is 10.6. The molecule has 0 saturated carbocycles. The second kappa shape index (κ2) is 8.92. The molecule has 0 atom stereocenters. The lowest BCUT2D eigenvalue weighted by atomic mass is 9.97. The number of hydrogen-bond donors (Lipinski definition) is 4. The fourth-order valence-electron chi connectivity index (χ4n) is 2.74. The van der Waals surface area contributed by atoms with Gasteiger partial charge in [-0.2, -0.15) is 0 Å². The molecule has 0 aliphatic carbocycles. The van der Waals surface area contributed by atoms with Crippen LogP contribution in [-0.2, 0) is 0 Å². The molecule has 144 valence electrons. The minimum absolute atomic E-state index is 0.0923. The van der Waals surface area contributed by atoms with E-state index >= 15 is 0 Å². The van der Waals surface area contributed by atoms with E-state index in [1.807, 2.05) is 0 Å². The zero-order valence-corrected chi connectivity index (χ0v) is 16.9. The average molecular weight is 343 g/mol. The van der Waals surface area contributed by atoms with Crippen molar-refractivity contribution in [1.82, 2.24) is 20.4 Å². The molecule has 6 nitrogen and oxygen atoms in total. The molecule has 1 aliphatic heterocycles. The lowest BCUT2D eigenvalue weighted by molar-refractivity contribution is 0.0552. The maximum absolute atomic E-state index is 6.10. The Morgan fingerprint density at radius 1 is 0.833 bits per heavy atom. The number of nitrogens with zero attached hydrogens (tertiary/aromatic N) is 2. The molecule has 24 heavy (non-hydrogen) atoms. The smallest absolute Gasteiger partial charge is 0.0529 e. The van der Waals surface area contributed by atoms with Crippen molar-refractivity contribution in [3.63, 3.8) is 0 Å². The molecule has 0 bridgehead atoms. The maximum atomic E-state index is 6.10. The summed E-state index contributed by atoms with van der Waals surface area (Å²) >= 11 is 0. The van der Waals surface area contributed by atoms with Crippen molar-refractivity contribution in [3.05, 3.63) is 0 Å². The van der Waals surface area contributed by atoms with Crippen LogP contribution in [0.15, 0.2) is 0 Å². The van der Waals surface area contributed by atoms with Crippen molar-refractivity contribution in [2.75, 3.05) is 39.6 Å². The van der Waals surface area contributed by atoms with E-state index in [9.17, 15) is 0 Å². The van der Waals surface area contributed by atoms with Crippen molar-refractivity contribution in [2.24, 2.45) is 11.5 Å². The van der Waals surface area contributed by atoms with Gasteiger partial charge in [-0.15, -0.1) is 0 Å². The fraction of sp³-hybridized carbons (Fsp3) is 1.00. The highest BCUT2D eigenvalue weighted by Crippen LogP contribution is 2.13. The van der Waals surface area contributed by atoms with Crippen LogP contribution < -0.4 is 22.1 Å². The molecule has 0 aromatic rings. The molecule has 1 saturated heterocycles. The molecule has 0 aromatic carbocycles. The normalized spacial score (nSPS) is 19.0. The molecular formula is C18H42N6. The van der Waals surface area contributed by atoms with E-state index < -0.39 is 0 Å². The van der Waals surface area contributed by atoms with Crippen molar-refractivity contribution in [1.29, 1.82) is 0 Å². The largest absolute Gasteiger partial charge is 0.326 e. The molecule has 0 spiro atoms. The number of hydrogen-bond acceptors (Lipinski definition) is 6. The molecule has 1 heterocycles. The van der Waals surface area contributed by atoms with Crippen LogP contribution in [0.5, 0.6) is 0 Å². The van der Waals surface area contributed by atoms with Gasteiger partial charge < -0.3 is 16.8 Å². The Morgan fingerprint density at radius 3 is 1.83 bits per heavy atom. The molecule has 1 aliphatic rings. The summed E-state index contributed by atoms with van der Waals surface area (Å²) in [5.41, 5.74) is 12.1. The molecule has 0 aromatic heterocycles. The SMILES string of the molecule is CC(C)(N)CCNC(C)(C)CCN1CNCN(CCC(C)(C)N)C1. The van der Waals surface area contributed by atoms with E-state index in [0.717, 1.165) is 58.9 Å². The number of nitrogens with one attached hydrogen (secondary N) is 2. The van der Waals surface area contributed by atoms with Crippen molar-refractivity contribution >= 4 is 0 Å². The Hall–Kier alpha value is -0.240. The molecular weight excluding hydrogens is 300 g/mol. The zero-order chi connectivity index (χ0) is 18.4. The Bertz CT molecular complexity index is 356. The number of rotatable bonds is 10. The van der Waals surface area contributed by atoms with E-state index in [-0.39, 0.29) is 16.6 Å². The van der Waals surface area contributed by atoms with Crippen LogP contribution >= 0.6 is 0 Å². The molecule has 1 rings (SSSR count). The van der Waals surface area contributed by atoms with Gasteiger partial charge in [0.25, 0.3) is 0 Å². The van der Waals surface area contributed by atoms with E-state index in [4.69, 9.17) is 11.5 Å². The fourth-order valence-corrected chi connectivity index (χ4v) is 2.74. The lowest BCUT2D eigenvalue weighted by Crippen LogP contribution is -2.55. The topological polar surface area (TPSA) is 82.6 Å². The summed E-state index contributed by atoms with van der Waals surface area (Å²) in [6, 6.07) is 0. The monoisotopic (exact) mass is 342 g/mol. The second-order valence-electron chi connectivity index (χ2n) is 9.53. The molecule has 6 heteroatoms. The maximum Gasteiger partial charge on any atom is 0.0529 e. The van der Waals surface area contributed by atoms with Gasteiger partial charge in [0.2, 0.25) is 0 Å². The molecule has 6 N–H and O–H groups in total. The summed E-state index contributed by atoms with van der Waals surface area (Å²) in [6.45, 7) is 19.0. The third-order valence-corrected chi connectivity index (χ3v) is 4.57. The Morgan fingerprint density at radius 2 is 1.33 bits per heavy atom. The Balaban J connectivity index is 2.29. The van der Waals surface area contributed by atoms with Crippen LogP contribution in [0.2, 0.25) is 0 Å². The Kier molecular flexibility index (Phi) is 8.10. The summed E-state index contributed by atoms with van der Waals surface area (Å²) in [5.74, 6) is 0. The van der Waals surface area contributed by atoms with Crippen LogP contribution in [0.1, 0.15) is 60.8 Å². The van der Waals surface area contributed by atoms with Gasteiger partial charge in [0.15, 0.2) is 0 Å². The van der Waals surface area contributed by atoms with E-state index in [0.29, 0.717) is 0 Å². The minimum Gasteiger partial charge on any atom is -0.326 e. The predicted octanol–water partition coefficient (Wildman–Crippen LogP) is 1.08. The highest BCUT2D eigenvalue weighted by Gasteiger charge is 2.23. The third-order valence-electron chi connectivity index (χ3n) is 4.57. The first-order chi connectivity index (χ1) is 10.9. The number of nitrogens with two attached hydrogens (primary N) is 2. The highest BCUT2D eigenvalue weighted by atomic mass is 15.4. The first kappa shape index (κ1) is 21.8. The standard InChI is InChI=1S/C18H42N6/c1-16(2,19)7-10-22-18(5,6)9-12-24-14-21-13-23(15-24)11-8-17(3,4)20/h21-22H,7-15,19-20H2,1-6H3. The van der Waals surface area contributed by atoms with Gasteiger partial charge in [0, 0.05) is 29.7 Å². The summed E-state index contributed by atoms with van der Waals surface area (Å²) in [5, 5.41) is 7.15. The first-order valence-corrected chi connectivity index (χ1v) is 9.35. The molecule has 1 fully saturated rings. The van der Waals surface area contributed by atoms with Gasteiger partial charge in [-0.1, -0.05) is 0 Å². The minimum atomic E-state index is -0.100. The highest BCUT2D eigenvalue weighted by molar-refractivity contribution is 4.82.